The van der Waals surface area contributed by atoms with Gasteiger partial charge in [-0.15, -0.1) is 11.3 Å². The Bertz CT molecular complexity index is 937. The molecule has 5 heteroatoms. The number of thiophene rings is 1. The number of esters is 1. The molecule has 0 unspecified atom stereocenters. The maximum atomic E-state index is 12.2. The highest BCUT2D eigenvalue weighted by Gasteiger charge is 2.20. The molecule has 0 atom stereocenters. The van der Waals surface area contributed by atoms with Crippen molar-refractivity contribution in [3.05, 3.63) is 93.2 Å². The first-order valence-corrected chi connectivity index (χ1v) is 11.2. The lowest BCUT2D eigenvalue weighted by atomic mass is 9.88. The van der Waals surface area contributed by atoms with E-state index in [1.807, 2.05) is 42.5 Å². The monoisotopic (exact) mass is 419 g/mol. The Morgan fingerprint density at radius 2 is 1.63 bits per heavy atom. The molecule has 1 N–H and O–H groups in total. The predicted octanol–water partition coefficient (Wildman–Crippen LogP) is 4.73. The van der Waals surface area contributed by atoms with Crippen molar-refractivity contribution in [1.29, 1.82) is 0 Å². The fourth-order valence-electron chi connectivity index (χ4n) is 3.94. The summed E-state index contributed by atoms with van der Waals surface area (Å²) in [6, 6.07) is 22.5. The van der Waals surface area contributed by atoms with E-state index in [9.17, 15) is 9.59 Å². The number of rotatable bonds is 8. The molecule has 0 fully saturated rings. The maximum absolute atomic E-state index is 12.2. The number of amides is 1. The highest BCUT2D eigenvalue weighted by Crippen LogP contribution is 2.31. The Morgan fingerprint density at radius 1 is 0.967 bits per heavy atom. The van der Waals surface area contributed by atoms with Crippen molar-refractivity contribution in [2.24, 2.45) is 0 Å². The number of fused-ring (bicyclic) bond motifs is 1. The molecule has 0 saturated heterocycles. The topological polar surface area (TPSA) is 55.4 Å². The van der Waals surface area contributed by atoms with Crippen LogP contribution in [0.25, 0.3) is 0 Å². The van der Waals surface area contributed by atoms with E-state index in [4.69, 9.17) is 4.74 Å². The van der Waals surface area contributed by atoms with Crippen LogP contribution < -0.4 is 5.32 Å². The van der Waals surface area contributed by atoms with Gasteiger partial charge in [0.05, 0.1) is 0 Å². The van der Waals surface area contributed by atoms with Gasteiger partial charge in [-0.05, 0) is 48.4 Å². The van der Waals surface area contributed by atoms with Crippen LogP contribution in [-0.4, -0.2) is 25.0 Å². The summed E-state index contributed by atoms with van der Waals surface area (Å²) in [5.74, 6) is -0.480. The van der Waals surface area contributed by atoms with Crippen molar-refractivity contribution in [1.82, 2.24) is 5.32 Å². The third-order valence-electron chi connectivity index (χ3n) is 5.44. The fourth-order valence-corrected chi connectivity index (χ4v) is 5.08. The summed E-state index contributed by atoms with van der Waals surface area (Å²) in [6.45, 7) is 0.265. The average molecular weight is 420 g/mol. The lowest BCUT2D eigenvalue weighted by Crippen LogP contribution is -2.30. The second kappa shape index (κ2) is 9.72. The molecule has 1 aliphatic rings. The molecule has 4 nitrogen and oxygen atoms in total. The van der Waals surface area contributed by atoms with E-state index in [1.54, 1.807) is 0 Å². The molecular formula is C25H25NO3S. The molecule has 1 amide bonds. The molecule has 0 radical (unpaired) electrons. The summed E-state index contributed by atoms with van der Waals surface area (Å²) in [5.41, 5.74) is 3.69. The Morgan fingerprint density at radius 3 is 2.27 bits per heavy atom. The van der Waals surface area contributed by atoms with Gasteiger partial charge in [0.25, 0.3) is 5.91 Å². The van der Waals surface area contributed by atoms with E-state index in [0.29, 0.717) is 11.4 Å². The summed E-state index contributed by atoms with van der Waals surface area (Å²) >= 11 is 1.49. The quantitative estimate of drug-likeness (QED) is 0.537. The van der Waals surface area contributed by atoms with Gasteiger partial charge in [0.15, 0.2) is 6.61 Å². The van der Waals surface area contributed by atoms with Crippen LogP contribution in [0.15, 0.2) is 66.7 Å². The predicted molar refractivity (Wildman–Crippen MR) is 119 cm³/mol. The van der Waals surface area contributed by atoms with E-state index in [1.165, 1.54) is 32.9 Å². The Balaban J connectivity index is 1.27. The van der Waals surface area contributed by atoms with Crippen molar-refractivity contribution in [3.63, 3.8) is 0 Å². The number of ether oxygens (including phenoxy) is 1. The number of carbonyl (C=O) groups is 2. The smallest absolute Gasteiger partial charge is 0.348 e. The van der Waals surface area contributed by atoms with E-state index < -0.39 is 5.97 Å². The fraction of sp³-hybridized carbons (Fsp3) is 0.280. The van der Waals surface area contributed by atoms with Crippen LogP contribution in [0.1, 0.15) is 50.0 Å². The Hall–Kier alpha value is -2.92. The van der Waals surface area contributed by atoms with Crippen molar-refractivity contribution in [2.75, 3.05) is 13.2 Å². The summed E-state index contributed by atoms with van der Waals surface area (Å²) < 4.78 is 5.21. The highest BCUT2D eigenvalue weighted by atomic mass is 32.1. The van der Waals surface area contributed by atoms with E-state index in [0.717, 1.165) is 25.7 Å². The Labute approximate surface area is 180 Å². The minimum Gasteiger partial charge on any atom is -0.451 e. The van der Waals surface area contributed by atoms with Gasteiger partial charge in [-0.1, -0.05) is 60.7 Å². The zero-order chi connectivity index (χ0) is 20.8. The van der Waals surface area contributed by atoms with Crippen molar-refractivity contribution in [3.8, 4) is 0 Å². The summed E-state index contributed by atoms with van der Waals surface area (Å²) in [7, 11) is 0. The van der Waals surface area contributed by atoms with E-state index in [2.05, 4.69) is 29.6 Å². The van der Waals surface area contributed by atoms with Gasteiger partial charge >= 0.3 is 5.97 Å². The molecule has 154 valence electrons. The molecule has 0 bridgehead atoms. The molecule has 3 aromatic rings. The van der Waals surface area contributed by atoms with Crippen LogP contribution >= 0.6 is 11.3 Å². The number of hydrogen-bond acceptors (Lipinski definition) is 4. The lowest BCUT2D eigenvalue weighted by molar-refractivity contribution is -0.124. The first kappa shape index (κ1) is 20.4. The van der Waals surface area contributed by atoms with Gasteiger partial charge in [-0.3, -0.25) is 4.79 Å². The molecule has 0 aliphatic heterocycles. The largest absolute Gasteiger partial charge is 0.451 e. The van der Waals surface area contributed by atoms with Gasteiger partial charge in [-0.25, -0.2) is 4.79 Å². The summed E-state index contributed by atoms with van der Waals surface area (Å²) in [5, 5.41) is 2.89. The number of carbonyl (C=O) groups excluding carboxylic acids is 2. The van der Waals surface area contributed by atoms with Crippen LogP contribution in [-0.2, 0) is 22.4 Å². The average Bonchev–Trinajstić information content (AvgIpc) is 3.39. The van der Waals surface area contributed by atoms with Gasteiger partial charge in [0.2, 0.25) is 0 Å². The Kier molecular flexibility index (Phi) is 6.60. The molecule has 0 saturated carbocycles. The first-order chi connectivity index (χ1) is 14.7. The van der Waals surface area contributed by atoms with Crippen LogP contribution in [0.5, 0.6) is 0 Å². The minimum absolute atomic E-state index is 0.198. The van der Waals surface area contributed by atoms with Gasteiger partial charge in [0, 0.05) is 17.3 Å². The highest BCUT2D eigenvalue weighted by molar-refractivity contribution is 7.14. The van der Waals surface area contributed by atoms with Gasteiger partial charge in [-0.2, -0.15) is 0 Å². The summed E-state index contributed by atoms with van der Waals surface area (Å²) in [4.78, 5) is 26.3. The molecule has 2 aromatic carbocycles. The molecular weight excluding hydrogens is 394 g/mol. The van der Waals surface area contributed by atoms with Crippen LogP contribution in [0.3, 0.4) is 0 Å². The maximum Gasteiger partial charge on any atom is 0.348 e. The molecule has 1 aliphatic carbocycles. The van der Waals surface area contributed by atoms with Gasteiger partial charge in [0.1, 0.15) is 4.88 Å². The zero-order valence-electron chi connectivity index (χ0n) is 16.8. The number of benzene rings is 2. The molecule has 30 heavy (non-hydrogen) atoms. The minimum atomic E-state index is -0.406. The molecule has 1 aromatic heterocycles. The number of aryl methyl sites for hydroxylation is 2. The number of hydrogen-bond donors (Lipinski definition) is 1. The van der Waals surface area contributed by atoms with Crippen molar-refractivity contribution in [2.45, 2.75) is 31.6 Å². The van der Waals surface area contributed by atoms with Crippen LogP contribution in [0.4, 0.5) is 0 Å². The van der Waals surface area contributed by atoms with Gasteiger partial charge < -0.3 is 10.1 Å². The second-order valence-electron chi connectivity index (χ2n) is 7.50. The van der Waals surface area contributed by atoms with E-state index in [-0.39, 0.29) is 18.4 Å². The number of nitrogens with one attached hydrogen (secondary N) is 1. The third kappa shape index (κ3) is 4.97. The zero-order valence-corrected chi connectivity index (χ0v) is 17.6. The first-order valence-electron chi connectivity index (χ1n) is 10.4. The van der Waals surface area contributed by atoms with Crippen LogP contribution in [0, 0.1) is 0 Å². The third-order valence-corrected chi connectivity index (χ3v) is 6.66. The second-order valence-corrected chi connectivity index (χ2v) is 8.64. The molecule has 1 heterocycles. The van der Waals surface area contributed by atoms with E-state index >= 15 is 0 Å². The van der Waals surface area contributed by atoms with Crippen LogP contribution in [0.2, 0.25) is 0 Å². The standard InChI is InChI=1S/C25H25NO3S/c27-24(17-29-25(28)23-16-20-12-7-13-22(20)30-23)26-15-14-21(18-8-3-1-4-9-18)19-10-5-2-6-11-19/h1-6,8-11,16,21H,7,12-15,17H2,(H,26,27). The summed E-state index contributed by atoms with van der Waals surface area (Å²) in [6.07, 6.45) is 4.00. The SMILES string of the molecule is O=C(COC(=O)c1cc2c(s1)CCC2)NCCC(c1ccccc1)c1ccccc1. The lowest BCUT2D eigenvalue weighted by Gasteiger charge is -2.18. The normalized spacial score (nSPS) is 12.6. The molecule has 4 rings (SSSR count). The van der Waals surface area contributed by atoms with Crippen molar-refractivity contribution >= 4 is 23.2 Å². The molecule has 0 spiro atoms. The van der Waals surface area contributed by atoms with Crippen molar-refractivity contribution < 1.29 is 14.3 Å².